The third kappa shape index (κ3) is 2.40. The van der Waals surface area contributed by atoms with Crippen LogP contribution in [0.3, 0.4) is 0 Å². The Morgan fingerprint density at radius 1 is 0.958 bits per heavy atom. The lowest BCUT2D eigenvalue weighted by Gasteiger charge is -2.12. The van der Waals surface area contributed by atoms with Crippen LogP contribution in [-0.4, -0.2) is 9.55 Å². The van der Waals surface area contributed by atoms with Crippen LogP contribution in [0.1, 0.15) is 0 Å². The molecule has 2 aromatic carbocycles. The van der Waals surface area contributed by atoms with Gasteiger partial charge in [-0.1, -0.05) is 35.3 Å². The van der Waals surface area contributed by atoms with Crippen molar-refractivity contribution < 1.29 is 4.42 Å². The molecule has 0 atom stereocenters. The second-order valence-corrected chi connectivity index (χ2v) is 5.98. The standard InChI is InChI=1S/C18H10Cl2N2O2/c19-13-8-7-11(10-14(13)20)22-17(16-6-3-9-24-16)21-15-5-2-1-4-12(15)18(22)23/h1-10H. The molecule has 0 spiro atoms. The van der Waals surface area contributed by atoms with Crippen molar-refractivity contribution >= 4 is 34.1 Å². The normalized spacial score (nSPS) is 11.1. The van der Waals surface area contributed by atoms with E-state index in [2.05, 4.69) is 4.98 Å². The lowest BCUT2D eigenvalue weighted by Crippen LogP contribution is -2.21. The largest absolute Gasteiger partial charge is 0.461 e. The first-order valence-corrected chi connectivity index (χ1v) is 7.92. The van der Waals surface area contributed by atoms with Gasteiger partial charge in [0.1, 0.15) is 0 Å². The summed E-state index contributed by atoms with van der Waals surface area (Å²) in [5.41, 5.74) is 0.967. The Morgan fingerprint density at radius 3 is 2.54 bits per heavy atom. The van der Waals surface area contributed by atoms with Crippen LogP contribution in [0.5, 0.6) is 0 Å². The molecule has 0 saturated heterocycles. The molecule has 0 aliphatic rings. The first-order chi connectivity index (χ1) is 11.6. The average molecular weight is 357 g/mol. The van der Waals surface area contributed by atoms with Gasteiger partial charge in [0.15, 0.2) is 11.6 Å². The van der Waals surface area contributed by atoms with E-state index in [1.807, 2.05) is 6.07 Å². The van der Waals surface area contributed by atoms with E-state index >= 15 is 0 Å². The highest BCUT2D eigenvalue weighted by atomic mass is 35.5. The molecule has 2 heterocycles. The van der Waals surface area contributed by atoms with E-state index in [-0.39, 0.29) is 5.56 Å². The second kappa shape index (κ2) is 5.82. The average Bonchev–Trinajstić information content (AvgIpc) is 3.12. The summed E-state index contributed by atoms with van der Waals surface area (Å²) in [5.74, 6) is 0.894. The highest BCUT2D eigenvalue weighted by Gasteiger charge is 2.16. The summed E-state index contributed by atoms with van der Waals surface area (Å²) in [5, 5.41) is 1.29. The number of fused-ring (bicyclic) bond motifs is 1. The fourth-order valence-corrected chi connectivity index (χ4v) is 2.86. The van der Waals surface area contributed by atoms with Crippen LogP contribution in [0.4, 0.5) is 0 Å². The van der Waals surface area contributed by atoms with E-state index in [1.165, 1.54) is 10.8 Å². The third-order valence-electron chi connectivity index (χ3n) is 3.68. The van der Waals surface area contributed by atoms with E-state index in [1.54, 1.807) is 48.5 Å². The number of nitrogens with zero attached hydrogens (tertiary/aromatic N) is 2. The molecule has 0 unspecified atom stereocenters. The highest BCUT2D eigenvalue weighted by molar-refractivity contribution is 6.42. The predicted molar refractivity (Wildman–Crippen MR) is 95.1 cm³/mol. The molecule has 0 aliphatic carbocycles. The molecule has 118 valence electrons. The van der Waals surface area contributed by atoms with Crippen LogP contribution in [-0.2, 0) is 0 Å². The van der Waals surface area contributed by atoms with Crippen molar-refractivity contribution in [3.63, 3.8) is 0 Å². The highest BCUT2D eigenvalue weighted by Crippen LogP contribution is 2.27. The molecule has 0 amide bonds. The minimum Gasteiger partial charge on any atom is -0.461 e. The van der Waals surface area contributed by atoms with Crippen LogP contribution < -0.4 is 5.56 Å². The van der Waals surface area contributed by atoms with Crippen molar-refractivity contribution in [1.29, 1.82) is 0 Å². The summed E-state index contributed by atoms with van der Waals surface area (Å²) in [6.45, 7) is 0. The number of furan rings is 1. The number of hydrogen-bond acceptors (Lipinski definition) is 3. The van der Waals surface area contributed by atoms with E-state index in [0.29, 0.717) is 38.2 Å². The summed E-state index contributed by atoms with van der Waals surface area (Å²) in [7, 11) is 0. The van der Waals surface area contributed by atoms with Crippen molar-refractivity contribution in [2.24, 2.45) is 0 Å². The van der Waals surface area contributed by atoms with Crippen LogP contribution in [0.2, 0.25) is 10.0 Å². The van der Waals surface area contributed by atoms with Gasteiger partial charge in [-0.05, 0) is 42.5 Å². The Bertz CT molecular complexity index is 1100. The lowest BCUT2D eigenvalue weighted by atomic mass is 10.2. The monoisotopic (exact) mass is 356 g/mol. The van der Waals surface area contributed by atoms with Crippen molar-refractivity contribution in [3.8, 4) is 17.3 Å². The lowest BCUT2D eigenvalue weighted by molar-refractivity contribution is 0.574. The molecule has 0 radical (unpaired) electrons. The first-order valence-electron chi connectivity index (χ1n) is 7.16. The van der Waals surface area contributed by atoms with Gasteiger partial charge in [-0.2, -0.15) is 0 Å². The number of hydrogen-bond donors (Lipinski definition) is 0. The second-order valence-electron chi connectivity index (χ2n) is 5.17. The van der Waals surface area contributed by atoms with Crippen molar-refractivity contribution in [2.75, 3.05) is 0 Å². The van der Waals surface area contributed by atoms with Crippen LogP contribution >= 0.6 is 23.2 Å². The van der Waals surface area contributed by atoms with Gasteiger partial charge in [0.05, 0.1) is 32.9 Å². The van der Waals surface area contributed by atoms with Gasteiger partial charge >= 0.3 is 0 Å². The zero-order valence-electron chi connectivity index (χ0n) is 12.2. The molecule has 4 nitrogen and oxygen atoms in total. The number of rotatable bonds is 2. The Hall–Kier alpha value is -2.56. The van der Waals surface area contributed by atoms with Crippen LogP contribution in [0.25, 0.3) is 28.2 Å². The molecule has 6 heteroatoms. The van der Waals surface area contributed by atoms with Gasteiger partial charge < -0.3 is 4.42 Å². The summed E-state index contributed by atoms with van der Waals surface area (Å²) in [6, 6.07) is 15.7. The van der Waals surface area contributed by atoms with Crippen molar-refractivity contribution in [2.45, 2.75) is 0 Å². The molecule has 4 rings (SSSR count). The minimum atomic E-state index is -0.203. The van der Waals surface area contributed by atoms with Crippen molar-refractivity contribution in [1.82, 2.24) is 9.55 Å². The molecular formula is C18H10Cl2N2O2. The number of halogens is 2. The molecule has 0 saturated carbocycles. The van der Waals surface area contributed by atoms with Gasteiger partial charge in [0.2, 0.25) is 0 Å². The molecular weight excluding hydrogens is 347 g/mol. The molecule has 2 aromatic heterocycles. The third-order valence-corrected chi connectivity index (χ3v) is 4.42. The van der Waals surface area contributed by atoms with Crippen molar-refractivity contribution in [3.05, 3.63) is 81.3 Å². The summed E-state index contributed by atoms with van der Waals surface area (Å²) in [6.07, 6.45) is 1.54. The van der Waals surface area contributed by atoms with E-state index in [9.17, 15) is 4.79 Å². The van der Waals surface area contributed by atoms with Gasteiger partial charge in [0, 0.05) is 0 Å². The zero-order valence-corrected chi connectivity index (χ0v) is 13.8. The Kier molecular flexibility index (Phi) is 3.63. The quantitative estimate of drug-likeness (QED) is 0.510. The fraction of sp³-hybridized carbons (Fsp3) is 0. The van der Waals surface area contributed by atoms with Gasteiger partial charge in [-0.15, -0.1) is 0 Å². The molecule has 0 fully saturated rings. The van der Waals surface area contributed by atoms with E-state index in [0.717, 1.165) is 0 Å². The summed E-state index contributed by atoms with van der Waals surface area (Å²) < 4.78 is 6.93. The van der Waals surface area contributed by atoms with E-state index < -0.39 is 0 Å². The predicted octanol–water partition coefficient (Wildman–Crippen LogP) is 4.95. The zero-order chi connectivity index (χ0) is 16.7. The fourth-order valence-electron chi connectivity index (χ4n) is 2.57. The molecule has 0 N–H and O–H groups in total. The molecule has 4 aromatic rings. The van der Waals surface area contributed by atoms with E-state index in [4.69, 9.17) is 27.6 Å². The van der Waals surface area contributed by atoms with Gasteiger partial charge in [-0.3, -0.25) is 9.36 Å². The topological polar surface area (TPSA) is 48.0 Å². The minimum absolute atomic E-state index is 0.203. The number of benzene rings is 2. The summed E-state index contributed by atoms with van der Waals surface area (Å²) >= 11 is 12.1. The maximum atomic E-state index is 13.0. The number of para-hydroxylation sites is 1. The maximum absolute atomic E-state index is 13.0. The molecule has 0 aliphatic heterocycles. The smallest absolute Gasteiger partial charge is 0.266 e. The Morgan fingerprint density at radius 2 is 1.79 bits per heavy atom. The first kappa shape index (κ1) is 15.0. The maximum Gasteiger partial charge on any atom is 0.266 e. The summed E-state index contributed by atoms with van der Waals surface area (Å²) in [4.78, 5) is 17.6. The SMILES string of the molecule is O=c1c2ccccc2nc(-c2ccco2)n1-c1ccc(Cl)c(Cl)c1. The van der Waals surface area contributed by atoms with Gasteiger partial charge in [0.25, 0.3) is 5.56 Å². The van der Waals surface area contributed by atoms with Crippen LogP contribution in [0.15, 0.2) is 70.1 Å². The molecule has 24 heavy (non-hydrogen) atoms. The van der Waals surface area contributed by atoms with Crippen LogP contribution in [0, 0.1) is 0 Å². The number of aromatic nitrogens is 2. The van der Waals surface area contributed by atoms with Gasteiger partial charge in [-0.25, -0.2) is 4.98 Å². The Balaban J connectivity index is 2.12. The Labute approximate surface area is 146 Å². The molecule has 0 bridgehead atoms.